The molecule has 1 heterocycles. The molecule has 0 N–H and O–H groups in total. The Hall–Kier alpha value is -0.000519. The minimum atomic E-state index is 0.528. The Balaban J connectivity index is 3.13. The van der Waals surface area contributed by atoms with Crippen molar-refractivity contribution in [3.8, 4) is 0 Å². The summed E-state index contributed by atoms with van der Waals surface area (Å²) in [7, 11) is 0. The monoisotopic (exact) mass is 130 g/mol. The molecule has 0 aliphatic heterocycles. The van der Waals surface area contributed by atoms with E-state index in [0.29, 0.717) is 14.5 Å². The third-order valence-electron chi connectivity index (χ3n) is 0.337. The van der Waals surface area contributed by atoms with Crippen LogP contribution in [0.25, 0.3) is 0 Å². The van der Waals surface area contributed by atoms with Crippen molar-refractivity contribution in [1.29, 1.82) is 0 Å². The molecule has 0 saturated carbocycles. The molecule has 0 nitrogen and oxygen atoms in total. The van der Waals surface area contributed by atoms with Gasteiger partial charge in [-0.15, -0.1) is 0 Å². The molecule has 0 fully saturated rings. The first kappa shape index (κ1) is 3.20. The van der Waals surface area contributed by atoms with Crippen molar-refractivity contribution < 1.29 is 0 Å². The SMILES string of the molecule is [c]1[c][se]cc1. The maximum atomic E-state index is 2.92. The van der Waals surface area contributed by atoms with Gasteiger partial charge in [0.1, 0.15) is 0 Å². The van der Waals surface area contributed by atoms with Crippen molar-refractivity contribution in [3.63, 3.8) is 0 Å². The van der Waals surface area contributed by atoms with Gasteiger partial charge in [0, 0.05) is 0 Å². The van der Waals surface area contributed by atoms with Crippen LogP contribution in [0.3, 0.4) is 0 Å². The molecule has 0 aromatic carbocycles. The van der Waals surface area contributed by atoms with Crippen LogP contribution in [0, 0.1) is 11.0 Å². The molecule has 0 spiro atoms. The normalized spacial score (nSPS) is 8.00. The van der Waals surface area contributed by atoms with Crippen molar-refractivity contribution in [3.05, 3.63) is 22.0 Å². The summed E-state index contributed by atoms with van der Waals surface area (Å²) in [5.74, 6) is 0. The van der Waals surface area contributed by atoms with Gasteiger partial charge in [0.05, 0.1) is 0 Å². The summed E-state index contributed by atoms with van der Waals surface area (Å²) in [6, 6.07) is 4.72. The van der Waals surface area contributed by atoms with Crippen molar-refractivity contribution in [1.82, 2.24) is 0 Å². The van der Waals surface area contributed by atoms with Crippen LogP contribution in [-0.2, 0) is 0 Å². The van der Waals surface area contributed by atoms with E-state index in [0.717, 1.165) is 0 Å². The molecule has 0 aliphatic carbocycles. The van der Waals surface area contributed by atoms with Gasteiger partial charge in [-0.05, 0) is 0 Å². The molecule has 0 unspecified atom stereocenters. The number of hydrogen-bond acceptors (Lipinski definition) is 0. The van der Waals surface area contributed by atoms with Gasteiger partial charge in [0.2, 0.25) is 0 Å². The molecule has 2 radical (unpaired) electrons. The molecule has 1 aromatic heterocycles. The zero-order valence-corrected chi connectivity index (χ0v) is 4.28. The summed E-state index contributed by atoms with van der Waals surface area (Å²) in [6.45, 7) is 0. The van der Waals surface area contributed by atoms with Gasteiger partial charge in [-0.25, -0.2) is 0 Å². The van der Waals surface area contributed by atoms with Crippen LogP contribution in [0.15, 0.2) is 11.0 Å². The second-order valence-corrected chi connectivity index (χ2v) is 2.16. The topological polar surface area (TPSA) is 0 Å². The average Bonchev–Trinajstić information content (AvgIpc) is 1.76. The quantitative estimate of drug-likeness (QED) is 0.443. The summed E-state index contributed by atoms with van der Waals surface area (Å²) in [4.78, 5) is 5.00. The Morgan fingerprint density at radius 3 is 2.80 bits per heavy atom. The van der Waals surface area contributed by atoms with Gasteiger partial charge in [0.25, 0.3) is 0 Å². The fourth-order valence-electron chi connectivity index (χ4n) is 0.170. The number of hydrogen-bond donors (Lipinski definition) is 0. The Bertz CT molecular complexity index is 60.1. The van der Waals surface area contributed by atoms with E-state index in [-0.39, 0.29) is 0 Å². The van der Waals surface area contributed by atoms with Crippen molar-refractivity contribution in [2.45, 2.75) is 0 Å². The third kappa shape index (κ3) is 0.640. The Morgan fingerprint density at radius 2 is 2.60 bits per heavy atom. The van der Waals surface area contributed by atoms with Crippen LogP contribution < -0.4 is 0 Å². The molecule has 0 bridgehead atoms. The van der Waals surface area contributed by atoms with Crippen LogP contribution in [-0.4, -0.2) is 14.5 Å². The fraction of sp³-hybridized carbons (Fsp3) is 0. The predicted molar refractivity (Wildman–Crippen MR) is 21.1 cm³/mol. The van der Waals surface area contributed by atoms with Gasteiger partial charge in [-0.3, -0.25) is 0 Å². The Kier molecular flexibility index (Phi) is 0.921. The average molecular weight is 129 g/mol. The summed E-state index contributed by atoms with van der Waals surface area (Å²) in [5, 5.41) is 0. The second-order valence-electron chi connectivity index (χ2n) is 0.667. The predicted octanol–water partition coefficient (Wildman–Crippen LogP) is 0.344. The summed E-state index contributed by atoms with van der Waals surface area (Å²) < 4.78 is 0. The molecule has 1 heteroatoms. The van der Waals surface area contributed by atoms with Gasteiger partial charge in [0.15, 0.2) is 0 Å². The summed E-state index contributed by atoms with van der Waals surface area (Å²) >= 11 is 0.528. The van der Waals surface area contributed by atoms with Crippen LogP contribution in [0.2, 0.25) is 0 Å². The minimum absolute atomic E-state index is 0.528. The molecule has 0 aliphatic rings. The van der Waals surface area contributed by atoms with Crippen LogP contribution in [0.4, 0.5) is 0 Å². The van der Waals surface area contributed by atoms with Gasteiger partial charge in [-0.2, -0.15) is 0 Å². The van der Waals surface area contributed by atoms with Crippen LogP contribution in [0.1, 0.15) is 0 Å². The molecule has 0 atom stereocenters. The standard InChI is InChI=1S/C4H2Se/c1-2-4-5-3-1/h1,3H. The van der Waals surface area contributed by atoms with Gasteiger partial charge in [-0.1, -0.05) is 0 Å². The maximum absolute atomic E-state index is 2.92. The first-order valence-electron chi connectivity index (χ1n) is 1.31. The van der Waals surface area contributed by atoms with E-state index >= 15 is 0 Å². The Labute approximate surface area is 37.2 Å². The van der Waals surface area contributed by atoms with Crippen LogP contribution in [0.5, 0.6) is 0 Å². The first-order valence-corrected chi connectivity index (χ1v) is 3.16. The molecule has 24 valence electrons. The van der Waals surface area contributed by atoms with E-state index in [4.69, 9.17) is 0 Å². The zero-order valence-electron chi connectivity index (χ0n) is 2.56. The summed E-state index contributed by atoms with van der Waals surface area (Å²) in [6.07, 6.45) is 0. The molecular weight excluding hydrogens is 127 g/mol. The van der Waals surface area contributed by atoms with E-state index in [9.17, 15) is 0 Å². The Morgan fingerprint density at radius 1 is 1.60 bits per heavy atom. The van der Waals surface area contributed by atoms with Crippen molar-refractivity contribution in [2.75, 3.05) is 0 Å². The molecule has 1 rings (SSSR count). The van der Waals surface area contributed by atoms with E-state index in [1.54, 1.807) is 0 Å². The fourth-order valence-corrected chi connectivity index (χ4v) is 0.884. The molecule has 0 saturated heterocycles. The third-order valence-corrected chi connectivity index (χ3v) is 1.40. The van der Waals surface area contributed by atoms with Gasteiger partial charge >= 0.3 is 36.5 Å². The zero-order chi connectivity index (χ0) is 3.54. The van der Waals surface area contributed by atoms with Gasteiger partial charge < -0.3 is 0 Å². The molecule has 1 aromatic rings. The molecule has 5 heavy (non-hydrogen) atoms. The van der Waals surface area contributed by atoms with Crippen molar-refractivity contribution >= 4 is 14.5 Å². The van der Waals surface area contributed by atoms with Crippen LogP contribution >= 0.6 is 0 Å². The summed E-state index contributed by atoms with van der Waals surface area (Å²) in [5.41, 5.74) is 0. The van der Waals surface area contributed by atoms with E-state index in [2.05, 4.69) is 15.9 Å². The van der Waals surface area contributed by atoms with Crippen molar-refractivity contribution in [2.24, 2.45) is 0 Å². The van der Waals surface area contributed by atoms with E-state index in [1.165, 1.54) is 0 Å². The number of rotatable bonds is 0. The molecular formula is C4H2Se. The molecule has 0 amide bonds. The second kappa shape index (κ2) is 1.44. The van der Waals surface area contributed by atoms with E-state index in [1.807, 2.05) is 6.07 Å². The first-order chi connectivity index (χ1) is 2.50. The van der Waals surface area contributed by atoms with E-state index < -0.39 is 0 Å².